The summed E-state index contributed by atoms with van der Waals surface area (Å²) in [6.45, 7) is 5.84. The second-order valence-corrected chi connectivity index (χ2v) is 8.85. The van der Waals surface area contributed by atoms with Gasteiger partial charge in [-0.2, -0.15) is 5.10 Å². The number of aryl methyl sites for hydroxylation is 3. The average Bonchev–Trinajstić information content (AvgIpc) is 3.31. The maximum Gasteiger partial charge on any atom is 0.257 e. The van der Waals surface area contributed by atoms with Crippen molar-refractivity contribution in [1.82, 2.24) is 14.7 Å². The van der Waals surface area contributed by atoms with Crippen LogP contribution < -0.4 is 10.1 Å². The molecule has 36 heavy (non-hydrogen) atoms. The maximum atomic E-state index is 13.6. The van der Waals surface area contributed by atoms with Crippen LogP contribution in [0.15, 0.2) is 72.9 Å². The number of carbonyl (C=O) groups is 2. The van der Waals surface area contributed by atoms with E-state index < -0.39 is 0 Å². The van der Waals surface area contributed by atoms with Crippen molar-refractivity contribution in [3.05, 3.63) is 95.2 Å². The van der Waals surface area contributed by atoms with Gasteiger partial charge in [-0.25, -0.2) is 4.68 Å². The topological polar surface area (TPSA) is 76.5 Å². The lowest BCUT2D eigenvalue weighted by Gasteiger charge is -2.18. The molecular formula is C29H30N4O3. The van der Waals surface area contributed by atoms with Crippen LogP contribution in [-0.2, 0) is 4.79 Å². The summed E-state index contributed by atoms with van der Waals surface area (Å²) < 4.78 is 7.20. The molecule has 184 valence electrons. The molecule has 7 nitrogen and oxygen atoms in total. The number of benzene rings is 3. The fourth-order valence-corrected chi connectivity index (χ4v) is 4.33. The third-order valence-corrected chi connectivity index (χ3v) is 6.00. The molecule has 0 spiro atoms. The van der Waals surface area contributed by atoms with Gasteiger partial charge in [-0.1, -0.05) is 48.0 Å². The minimum absolute atomic E-state index is 0.104. The van der Waals surface area contributed by atoms with E-state index in [0.29, 0.717) is 22.6 Å². The Morgan fingerprint density at radius 2 is 1.61 bits per heavy atom. The molecule has 4 aromatic rings. The largest absolute Gasteiger partial charge is 0.496 e. The summed E-state index contributed by atoms with van der Waals surface area (Å²) >= 11 is 0. The first-order valence-corrected chi connectivity index (χ1v) is 11.7. The number of anilines is 1. The number of aromatic nitrogens is 2. The van der Waals surface area contributed by atoms with E-state index in [-0.39, 0.29) is 18.4 Å². The first kappa shape index (κ1) is 24.7. The van der Waals surface area contributed by atoms with Crippen molar-refractivity contribution in [2.45, 2.75) is 20.8 Å². The Morgan fingerprint density at radius 3 is 2.28 bits per heavy atom. The van der Waals surface area contributed by atoms with Crippen molar-refractivity contribution in [3.63, 3.8) is 0 Å². The van der Waals surface area contributed by atoms with E-state index in [1.54, 1.807) is 25.0 Å². The fraction of sp³-hybridized carbons (Fsp3) is 0.207. The van der Waals surface area contributed by atoms with Crippen molar-refractivity contribution < 1.29 is 14.3 Å². The molecule has 0 aliphatic rings. The predicted molar refractivity (Wildman–Crippen MR) is 142 cm³/mol. The third kappa shape index (κ3) is 5.15. The van der Waals surface area contributed by atoms with Crippen LogP contribution in [0.4, 0.5) is 5.69 Å². The summed E-state index contributed by atoms with van der Waals surface area (Å²) in [7, 11) is 3.20. The quantitative estimate of drug-likeness (QED) is 0.394. The smallest absolute Gasteiger partial charge is 0.257 e. The number of amides is 2. The van der Waals surface area contributed by atoms with E-state index in [0.717, 1.165) is 28.1 Å². The zero-order chi connectivity index (χ0) is 25.8. The normalized spacial score (nSPS) is 10.7. The Balaban J connectivity index is 1.64. The van der Waals surface area contributed by atoms with Gasteiger partial charge in [0.05, 0.1) is 24.9 Å². The van der Waals surface area contributed by atoms with Gasteiger partial charge in [0.15, 0.2) is 0 Å². The second kappa shape index (κ2) is 10.5. The molecule has 0 atom stereocenters. The highest BCUT2D eigenvalue weighted by Crippen LogP contribution is 2.32. The summed E-state index contributed by atoms with van der Waals surface area (Å²) in [5, 5.41) is 7.69. The van der Waals surface area contributed by atoms with Crippen molar-refractivity contribution in [1.29, 1.82) is 0 Å². The molecule has 2 amide bonds. The molecule has 0 radical (unpaired) electrons. The number of para-hydroxylation sites is 2. The highest BCUT2D eigenvalue weighted by atomic mass is 16.5. The van der Waals surface area contributed by atoms with Gasteiger partial charge in [-0.15, -0.1) is 0 Å². The van der Waals surface area contributed by atoms with Crippen LogP contribution in [0.3, 0.4) is 0 Å². The molecular weight excluding hydrogens is 452 g/mol. The Morgan fingerprint density at radius 1 is 0.972 bits per heavy atom. The molecule has 0 bridgehead atoms. The van der Waals surface area contributed by atoms with E-state index >= 15 is 0 Å². The zero-order valence-corrected chi connectivity index (χ0v) is 21.2. The van der Waals surface area contributed by atoms with Crippen LogP contribution in [0.25, 0.3) is 16.9 Å². The van der Waals surface area contributed by atoms with E-state index in [4.69, 9.17) is 9.84 Å². The van der Waals surface area contributed by atoms with Crippen molar-refractivity contribution in [2.24, 2.45) is 0 Å². The highest BCUT2D eigenvalue weighted by molar-refractivity contribution is 6.03. The molecule has 4 rings (SSSR count). The summed E-state index contributed by atoms with van der Waals surface area (Å²) in [4.78, 5) is 27.9. The van der Waals surface area contributed by atoms with Gasteiger partial charge in [0.2, 0.25) is 5.91 Å². The van der Waals surface area contributed by atoms with Crippen molar-refractivity contribution in [3.8, 4) is 22.7 Å². The third-order valence-electron chi connectivity index (χ3n) is 6.00. The molecule has 0 aliphatic carbocycles. The van der Waals surface area contributed by atoms with Gasteiger partial charge in [-0.05, 0) is 56.2 Å². The molecule has 1 aromatic heterocycles. The van der Waals surface area contributed by atoms with E-state index in [2.05, 4.69) is 5.32 Å². The van der Waals surface area contributed by atoms with Gasteiger partial charge >= 0.3 is 0 Å². The van der Waals surface area contributed by atoms with Crippen LogP contribution in [0, 0.1) is 20.8 Å². The van der Waals surface area contributed by atoms with Crippen LogP contribution in [-0.4, -0.2) is 47.2 Å². The Hall–Kier alpha value is -4.39. The summed E-state index contributed by atoms with van der Waals surface area (Å²) in [6, 6.07) is 21.0. The standard InChI is InChI=1S/C29H30N4O3/c1-19-15-20(2)27(21(3)16-19)30-26(34)18-32(4)29(35)24-17-33(22-11-7-6-8-12-22)31-28(24)23-13-9-10-14-25(23)36-5/h6-17H,18H2,1-5H3,(H,30,34). The molecule has 0 saturated heterocycles. The average molecular weight is 483 g/mol. The number of hydrogen-bond acceptors (Lipinski definition) is 4. The SMILES string of the molecule is COc1ccccc1-c1nn(-c2ccccc2)cc1C(=O)N(C)CC(=O)Nc1c(C)cc(C)cc1C. The molecule has 1 heterocycles. The summed E-state index contributed by atoms with van der Waals surface area (Å²) in [5.41, 5.74) is 6.25. The lowest BCUT2D eigenvalue weighted by atomic mass is 10.0. The van der Waals surface area contributed by atoms with Gasteiger partial charge in [0.1, 0.15) is 11.4 Å². The minimum Gasteiger partial charge on any atom is -0.496 e. The van der Waals surface area contributed by atoms with E-state index in [1.807, 2.05) is 87.5 Å². The highest BCUT2D eigenvalue weighted by Gasteiger charge is 2.25. The number of nitrogens with zero attached hydrogens (tertiary/aromatic N) is 3. The first-order valence-electron chi connectivity index (χ1n) is 11.7. The molecule has 0 unspecified atom stereocenters. The Labute approximate surface area is 211 Å². The number of ether oxygens (including phenoxy) is 1. The van der Waals surface area contributed by atoms with Gasteiger partial charge in [0.25, 0.3) is 5.91 Å². The number of likely N-dealkylation sites (N-methyl/N-ethyl adjacent to an activating group) is 1. The van der Waals surface area contributed by atoms with Crippen molar-refractivity contribution in [2.75, 3.05) is 26.0 Å². The number of hydrogen-bond donors (Lipinski definition) is 1. The Kier molecular flexibility index (Phi) is 7.20. The number of rotatable bonds is 7. The number of nitrogens with one attached hydrogen (secondary N) is 1. The predicted octanol–water partition coefficient (Wildman–Crippen LogP) is 5.18. The Bertz CT molecular complexity index is 1390. The molecule has 0 saturated carbocycles. The van der Waals surface area contributed by atoms with Crippen LogP contribution in [0.5, 0.6) is 5.75 Å². The lowest BCUT2D eigenvalue weighted by Crippen LogP contribution is -2.35. The van der Waals surface area contributed by atoms with Gasteiger partial charge in [0, 0.05) is 24.5 Å². The monoisotopic (exact) mass is 482 g/mol. The van der Waals surface area contributed by atoms with E-state index in [9.17, 15) is 9.59 Å². The maximum absolute atomic E-state index is 13.6. The molecule has 3 aromatic carbocycles. The molecule has 0 fully saturated rings. The first-order chi connectivity index (χ1) is 17.3. The number of carbonyl (C=O) groups excluding carboxylic acids is 2. The van der Waals surface area contributed by atoms with Crippen molar-refractivity contribution >= 4 is 17.5 Å². The zero-order valence-electron chi connectivity index (χ0n) is 21.2. The van der Waals surface area contributed by atoms with E-state index in [1.165, 1.54) is 4.90 Å². The lowest BCUT2D eigenvalue weighted by molar-refractivity contribution is -0.116. The van der Waals surface area contributed by atoms with Gasteiger partial charge in [-0.3, -0.25) is 9.59 Å². The van der Waals surface area contributed by atoms with Gasteiger partial charge < -0.3 is 15.0 Å². The minimum atomic E-state index is -0.314. The molecule has 1 N–H and O–H groups in total. The van der Waals surface area contributed by atoms with Crippen LogP contribution >= 0.6 is 0 Å². The molecule has 0 aliphatic heterocycles. The molecule has 7 heteroatoms. The summed E-state index contributed by atoms with van der Waals surface area (Å²) in [5.74, 6) is 0.0244. The number of methoxy groups -OCH3 is 1. The fourth-order valence-electron chi connectivity index (χ4n) is 4.33. The van der Waals surface area contributed by atoms with Crippen LogP contribution in [0.2, 0.25) is 0 Å². The van der Waals surface area contributed by atoms with Crippen LogP contribution in [0.1, 0.15) is 27.0 Å². The summed E-state index contributed by atoms with van der Waals surface area (Å²) in [6.07, 6.45) is 1.70. The second-order valence-electron chi connectivity index (χ2n) is 8.85.